The third-order valence-electron chi connectivity index (χ3n) is 1.96. The van der Waals surface area contributed by atoms with Crippen LogP contribution in [0.25, 0.3) is 0 Å². The molecule has 0 saturated heterocycles. The molecule has 0 bridgehead atoms. The van der Waals surface area contributed by atoms with Crippen molar-refractivity contribution >= 4 is 32.4 Å². The van der Waals surface area contributed by atoms with Gasteiger partial charge in [-0.15, -0.1) is 0 Å². The summed E-state index contributed by atoms with van der Waals surface area (Å²) in [7, 11) is 2.78. The second-order valence-electron chi connectivity index (χ2n) is 3.53. The molecule has 0 aliphatic carbocycles. The molecule has 0 heterocycles. The molecule has 0 spiro atoms. The fourth-order valence-electron chi connectivity index (χ4n) is 1.18. The molecule has 0 N–H and O–H groups in total. The molecule has 0 amide bonds. The van der Waals surface area contributed by atoms with Gasteiger partial charge in [0.2, 0.25) is 0 Å². The van der Waals surface area contributed by atoms with Crippen LogP contribution in [-0.4, -0.2) is 15.7 Å². The Balaban J connectivity index is 2.17. The second kappa shape index (κ2) is 9.80. The fraction of sp³-hybridized carbons (Fsp3) is 0.385. The Morgan fingerprint density at radius 2 is 2.06 bits per heavy atom. The summed E-state index contributed by atoms with van der Waals surface area (Å²) in [6.07, 6.45) is 3.21. The first-order valence-electron chi connectivity index (χ1n) is 5.65. The number of hydrogen-bond acceptors (Lipinski definition) is 3. The lowest BCUT2D eigenvalue weighted by atomic mass is 10.2. The Morgan fingerprint density at radius 1 is 1.29 bits per heavy atom. The van der Waals surface area contributed by atoms with E-state index in [1.807, 2.05) is 52.6 Å². The van der Waals surface area contributed by atoms with E-state index in [1.165, 1.54) is 12.2 Å². The third kappa shape index (κ3) is 7.68. The third-order valence-corrected chi connectivity index (χ3v) is 5.44. The van der Waals surface area contributed by atoms with Crippen LogP contribution in [0.1, 0.15) is 18.9 Å². The van der Waals surface area contributed by atoms with Gasteiger partial charge in [-0.05, 0) is 17.4 Å². The topological polar surface area (TPSA) is 17.1 Å². The van der Waals surface area contributed by atoms with Gasteiger partial charge < -0.3 is 0 Å². The highest BCUT2D eigenvalue weighted by atomic mass is 33.1. The summed E-state index contributed by atoms with van der Waals surface area (Å²) in [5.41, 5.74) is 1.15. The Labute approximate surface area is 114 Å². The summed E-state index contributed by atoms with van der Waals surface area (Å²) in [6.45, 7) is 2.17. The van der Waals surface area contributed by atoms with Crippen molar-refractivity contribution in [2.24, 2.45) is 0 Å². The monoisotopic (exact) mass is 286 g/mol. The summed E-state index contributed by atoms with van der Waals surface area (Å²) < 4.78 is 11.7. The highest BCUT2D eigenvalue weighted by Gasteiger charge is 1.98. The maximum atomic E-state index is 11.7. The van der Waals surface area contributed by atoms with E-state index in [1.54, 1.807) is 10.8 Å². The minimum Gasteiger partial charge on any atom is -0.259 e. The van der Waals surface area contributed by atoms with Crippen molar-refractivity contribution in [1.29, 1.82) is 0 Å². The summed E-state index contributed by atoms with van der Waals surface area (Å²) in [4.78, 5) is 0. The maximum Gasteiger partial charge on any atom is 0.0488 e. The molecule has 0 radical (unpaired) electrons. The van der Waals surface area contributed by atoms with Crippen molar-refractivity contribution in [1.82, 2.24) is 0 Å². The summed E-state index contributed by atoms with van der Waals surface area (Å²) >= 11 is 0. The quantitative estimate of drug-likeness (QED) is 0.525. The smallest absolute Gasteiger partial charge is 0.0488 e. The zero-order chi connectivity index (χ0) is 12.3. The average molecular weight is 286 g/mol. The maximum absolute atomic E-state index is 11.7. The normalized spacial score (nSPS) is 13.0. The molecule has 1 aromatic rings. The van der Waals surface area contributed by atoms with Crippen molar-refractivity contribution in [2.45, 2.75) is 19.1 Å². The molecule has 0 aliphatic rings. The molecule has 4 heteroatoms. The highest BCUT2D eigenvalue weighted by Crippen LogP contribution is 2.22. The van der Waals surface area contributed by atoms with Gasteiger partial charge in [0.15, 0.2) is 0 Å². The molecule has 1 nitrogen and oxygen atoms in total. The van der Waals surface area contributed by atoms with Crippen molar-refractivity contribution in [3.8, 4) is 0 Å². The molecular formula is C13H18OS3. The van der Waals surface area contributed by atoms with Crippen molar-refractivity contribution in [2.75, 3.05) is 11.5 Å². The molecule has 1 atom stereocenters. The average Bonchev–Trinajstić information content (AvgIpc) is 2.35. The zero-order valence-corrected chi connectivity index (χ0v) is 12.5. The molecule has 0 aromatic heterocycles. The molecule has 1 unspecified atom stereocenters. The Kier molecular flexibility index (Phi) is 8.57. The first-order valence-corrected chi connectivity index (χ1v) is 9.52. The Hall–Kier alpha value is -0.190. The van der Waals surface area contributed by atoms with Gasteiger partial charge in [0.05, 0.1) is 0 Å². The first-order chi connectivity index (χ1) is 8.33. The standard InChI is InChI=1S/C13H18OS3/c1-2-9-15-16-10-6-11-17(14)12-13-7-4-3-5-8-13/h3-8,10H,2,9,11-12H2,1H3/b10-6-. The van der Waals surface area contributed by atoms with Crippen molar-refractivity contribution in [3.05, 3.63) is 47.4 Å². The van der Waals surface area contributed by atoms with E-state index in [4.69, 9.17) is 0 Å². The SMILES string of the molecule is CCCSS/C=C\CS(=O)Cc1ccccc1. The van der Waals surface area contributed by atoms with E-state index >= 15 is 0 Å². The number of rotatable bonds is 8. The van der Waals surface area contributed by atoms with Crippen LogP contribution in [0.4, 0.5) is 0 Å². The molecule has 94 valence electrons. The molecule has 0 saturated carbocycles. The van der Waals surface area contributed by atoms with Crippen molar-refractivity contribution < 1.29 is 4.21 Å². The summed E-state index contributed by atoms with van der Waals surface area (Å²) in [6, 6.07) is 9.99. The van der Waals surface area contributed by atoms with Crippen LogP contribution >= 0.6 is 21.6 Å². The van der Waals surface area contributed by atoms with Gasteiger partial charge in [-0.3, -0.25) is 4.21 Å². The van der Waals surface area contributed by atoms with Crippen LogP contribution in [0.3, 0.4) is 0 Å². The number of hydrogen-bond donors (Lipinski definition) is 0. The van der Waals surface area contributed by atoms with E-state index in [0.717, 1.165) is 5.56 Å². The molecule has 17 heavy (non-hydrogen) atoms. The minimum absolute atomic E-state index is 0.647. The largest absolute Gasteiger partial charge is 0.259 e. The van der Waals surface area contributed by atoms with Crippen molar-refractivity contribution in [3.63, 3.8) is 0 Å². The van der Waals surface area contributed by atoms with E-state index in [0.29, 0.717) is 11.5 Å². The minimum atomic E-state index is -0.788. The van der Waals surface area contributed by atoms with Gasteiger partial charge in [0.25, 0.3) is 0 Å². The fourth-order valence-corrected chi connectivity index (χ4v) is 4.07. The lowest BCUT2D eigenvalue weighted by Gasteiger charge is -1.99. The predicted molar refractivity (Wildman–Crippen MR) is 82.6 cm³/mol. The van der Waals surface area contributed by atoms with Gasteiger partial charge >= 0.3 is 0 Å². The zero-order valence-electron chi connectivity index (χ0n) is 10.0. The Bertz CT molecular complexity index is 349. The van der Waals surface area contributed by atoms with Crippen LogP contribution in [0.5, 0.6) is 0 Å². The van der Waals surface area contributed by atoms with Gasteiger partial charge in [-0.25, -0.2) is 0 Å². The molecule has 0 fully saturated rings. The highest BCUT2D eigenvalue weighted by molar-refractivity contribution is 8.77. The molecule has 1 rings (SSSR count). The summed E-state index contributed by atoms with van der Waals surface area (Å²) in [5, 5.41) is 2.04. The lowest BCUT2D eigenvalue weighted by Crippen LogP contribution is -1.98. The van der Waals surface area contributed by atoms with Gasteiger partial charge in [-0.2, -0.15) is 0 Å². The van der Waals surface area contributed by atoms with E-state index in [9.17, 15) is 4.21 Å². The van der Waals surface area contributed by atoms with Crippen LogP contribution in [0, 0.1) is 0 Å². The number of benzene rings is 1. The van der Waals surface area contributed by atoms with Gasteiger partial charge in [-0.1, -0.05) is 64.9 Å². The molecular weight excluding hydrogens is 268 g/mol. The van der Waals surface area contributed by atoms with E-state index in [2.05, 4.69) is 6.92 Å². The lowest BCUT2D eigenvalue weighted by molar-refractivity contribution is 0.684. The van der Waals surface area contributed by atoms with Crippen LogP contribution in [0.15, 0.2) is 41.8 Å². The van der Waals surface area contributed by atoms with Crippen LogP contribution < -0.4 is 0 Å². The Morgan fingerprint density at radius 3 is 2.76 bits per heavy atom. The van der Waals surface area contributed by atoms with Gasteiger partial charge in [0, 0.05) is 28.1 Å². The predicted octanol–water partition coefficient (Wildman–Crippen LogP) is 4.24. The van der Waals surface area contributed by atoms with Crippen LogP contribution in [-0.2, 0) is 16.6 Å². The second-order valence-corrected chi connectivity index (χ2v) is 7.42. The van der Waals surface area contributed by atoms with E-state index in [-0.39, 0.29) is 0 Å². The summed E-state index contributed by atoms with van der Waals surface area (Å²) in [5.74, 6) is 2.47. The first kappa shape index (κ1) is 14.9. The van der Waals surface area contributed by atoms with Gasteiger partial charge in [0.1, 0.15) is 0 Å². The van der Waals surface area contributed by atoms with Crippen LogP contribution in [0.2, 0.25) is 0 Å². The van der Waals surface area contributed by atoms with E-state index < -0.39 is 10.8 Å². The molecule has 1 aromatic carbocycles. The molecule has 0 aliphatic heterocycles.